The molecule has 1 unspecified atom stereocenters. The molecule has 1 fully saturated rings. The van der Waals surface area contributed by atoms with Crippen molar-refractivity contribution < 1.29 is 32.5 Å². The summed E-state index contributed by atoms with van der Waals surface area (Å²) in [5, 5.41) is 11.0. The highest BCUT2D eigenvalue weighted by Crippen LogP contribution is 2.46. The molecule has 0 saturated heterocycles. The molecule has 0 amide bonds. The highest BCUT2D eigenvalue weighted by Gasteiger charge is 2.46. The Labute approximate surface area is 184 Å². The van der Waals surface area contributed by atoms with E-state index in [9.17, 15) is 13.5 Å². The van der Waals surface area contributed by atoms with Gasteiger partial charge in [-0.15, -0.1) is 0 Å². The van der Waals surface area contributed by atoms with Gasteiger partial charge in [0.2, 0.25) is 10.0 Å². The molecule has 0 aromatic carbocycles. The van der Waals surface area contributed by atoms with Crippen molar-refractivity contribution in [3.05, 3.63) is 0 Å². The van der Waals surface area contributed by atoms with E-state index in [0.29, 0.717) is 26.1 Å². The first-order chi connectivity index (χ1) is 14.1. The Balaban J connectivity index is 2.81. The Kier molecular flexibility index (Phi) is 12.6. The number of nitrogens with one attached hydrogen (secondary N) is 1. The normalized spacial score (nSPS) is 25.5. The van der Waals surface area contributed by atoms with Crippen molar-refractivity contribution in [2.75, 3.05) is 53.3 Å². The van der Waals surface area contributed by atoms with Gasteiger partial charge in [-0.1, -0.05) is 26.1 Å². The lowest BCUT2D eigenvalue weighted by Gasteiger charge is -2.47. The van der Waals surface area contributed by atoms with Crippen LogP contribution in [0.15, 0.2) is 0 Å². The van der Waals surface area contributed by atoms with Crippen LogP contribution in [-0.2, 0) is 29.0 Å². The van der Waals surface area contributed by atoms with Gasteiger partial charge in [-0.2, -0.15) is 0 Å². The van der Waals surface area contributed by atoms with Gasteiger partial charge in [0.05, 0.1) is 18.5 Å². The van der Waals surface area contributed by atoms with E-state index in [1.165, 1.54) is 0 Å². The van der Waals surface area contributed by atoms with Crippen molar-refractivity contribution in [3.8, 4) is 0 Å². The Morgan fingerprint density at radius 3 is 2.40 bits per heavy atom. The van der Waals surface area contributed by atoms with Crippen molar-refractivity contribution in [1.82, 2.24) is 4.72 Å². The number of rotatable bonds is 16. The summed E-state index contributed by atoms with van der Waals surface area (Å²) in [5.74, 6) is 0.327. The number of methoxy groups -OCH3 is 2. The van der Waals surface area contributed by atoms with Crippen molar-refractivity contribution in [2.45, 2.75) is 63.9 Å². The van der Waals surface area contributed by atoms with Gasteiger partial charge in [-0.25, -0.2) is 13.1 Å². The van der Waals surface area contributed by atoms with Crippen molar-refractivity contribution in [2.24, 2.45) is 11.3 Å². The van der Waals surface area contributed by atoms with Gasteiger partial charge in [0.25, 0.3) is 0 Å². The molecule has 0 spiro atoms. The summed E-state index contributed by atoms with van der Waals surface area (Å²) in [6, 6.07) is 0.729. The molecule has 30 heavy (non-hydrogen) atoms. The summed E-state index contributed by atoms with van der Waals surface area (Å²) in [5.41, 5.74) is -0.533. The molecule has 0 bridgehead atoms. The molecule has 3 atom stereocenters. The highest BCUT2D eigenvalue weighted by atomic mass is 32.2. The molecule has 180 valence electrons. The fraction of sp³-hybridized carbons (Fsp3) is 1.00. The maximum atomic E-state index is 12.5. The average Bonchev–Trinajstić information content (AvgIpc) is 2.66. The predicted molar refractivity (Wildman–Crippen MR) is 121 cm³/mol. The first kappa shape index (κ1) is 28.0. The van der Waals surface area contributed by atoms with Gasteiger partial charge in [0.1, 0.15) is 13.6 Å². The summed E-state index contributed by atoms with van der Waals surface area (Å²) in [6.45, 7) is 8.02. The van der Waals surface area contributed by atoms with E-state index >= 15 is 0 Å². The van der Waals surface area contributed by atoms with Crippen LogP contribution in [0.25, 0.3) is 0 Å². The van der Waals surface area contributed by atoms with E-state index < -0.39 is 29.6 Å². The summed E-state index contributed by atoms with van der Waals surface area (Å²) in [4.78, 5) is 0. The van der Waals surface area contributed by atoms with Crippen molar-refractivity contribution in [3.63, 3.8) is 0 Å². The Morgan fingerprint density at radius 2 is 1.77 bits per heavy atom. The molecule has 8 nitrogen and oxygen atoms in total. The second kappa shape index (κ2) is 13.5. The first-order valence-electron chi connectivity index (χ1n) is 10.8. The van der Waals surface area contributed by atoms with Gasteiger partial charge in [-0.05, 0) is 37.6 Å². The zero-order valence-electron chi connectivity index (χ0n) is 19.4. The molecule has 0 heterocycles. The molecule has 0 aromatic rings. The zero-order valence-corrected chi connectivity index (χ0v) is 21.3. The summed E-state index contributed by atoms with van der Waals surface area (Å²) in [7, 11) is -1.62. The maximum absolute atomic E-state index is 12.5. The van der Waals surface area contributed by atoms with E-state index in [1.54, 1.807) is 14.2 Å². The number of ether oxygens (including phenoxy) is 4. The quantitative estimate of drug-likeness (QED) is 0.203. The summed E-state index contributed by atoms with van der Waals surface area (Å²) < 4.78 is 48.8. The van der Waals surface area contributed by atoms with E-state index in [4.69, 9.17) is 18.9 Å². The number of sulfonamides is 1. The van der Waals surface area contributed by atoms with Gasteiger partial charge in [0.15, 0.2) is 0 Å². The van der Waals surface area contributed by atoms with E-state index in [1.807, 2.05) is 0 Å². The summed E-state index contributed by atoms with van der Waals surface area (Å²) in [6.07, 6.45) is 3.30. The minimum Gasteiger partial charge on any atom is -0.392 e. The first-order valence-corrected chi connectivity index (χ1v) is 16.2. The van der Waals surface area contributed by atoms with E-state index in [2.05, 4.69) is 24.4 Å². The van der Waals surface area contributed by atoms with Gasteiger partial charge in [0, 0.05) is 40.9 Å². The van der Waals surface area contributed by atoms with Crippen LogP contribution in [0.4, 0.5) is 0 Å². The number of aliphatic hydroxyl groups is 1. The monoisotopic (exact) mass is 469 g/mol. The molecule has 10 heteroatoms. The van der Waals surface area contributed by atoms with E-state index in [0.717, 1.165) is 25.3 Å². The fourth-order valence-electron chi connectivity index (χ4n) is 4.13. The van der Waals surface area contributed by atoms with Crippen LogP contribution < -0.4 is 4.72 Å². The molecule has 1 aliphatic rings. The zero-order chi connectivity index (χ0) is 22.7. The van der Waals surface area contributed by atoms with Crippen LogP contribution in [-0.4, -0.2) is 81.0 Å². The standard InChI is InChI=1S/C20H43NO7SSi/c1-25-16-27-12-9-18-7-6-8-19(22)20(18,15-28-17-26-2)10-11-21-29(23,24)13-14-30(3,4)5/h18-19,21-22H,6-17H2,1-5H3/t18-,19?,20+/m1/s1. The topological polar surface area (TPSA) is 103 Å². The largest absolute Gasteiger partial charge is 0.392 e. The lowest BCUT2D eigenvalue weighted by atomic mass is 9.62. The third-order valence-corrected chi connectivity index (χ3v) is 9.42. The maximum Gasteiger partial charge on any atom is 0.211 e. The lowest BCUT2D eigenvalue weighted by molar-refractivity contribution is -0.144. The minimum atomic E-state index is -3.33. The van der Waals surface area contributed by atoms with Crippen LogP contribution in [0.1, 0.15) is 32.1 Å². The molecule has 0 aliphatic heterocycles. The number of hydrogen-bond acceptors (Lipinski definition) is 7. The SMILES string of the molecule is COCOCC[C@H]1CCCC(O)[C@@]1(CCNS(=O)(=O)CC[Si](C)(C)C)COCOC. The smallest absolute Gasteiger partial charge is 0.211 e. The van der Waals surface area contributed by atoms with Crippen LogP contribution in [0.3, 0.4) is 0 Å². The molecule has 1 saturated carbocycles. The van der Waals surface area contributed by atoms with Crippen molar-refractivity contribution in [1.29, 1.82) is 0 Å². The van der Waals surface area contributed by atoms with Gasteiger partial charge >= 0.3 is 0 Å². The highest BCUT2D eigenvalue weighted by molar-refractivity contribution is 7.89. The molecule has 0 aromatic heterocycles. The van der Waals surface area contributed by atoms with Gasteiger partial charge in [-0.3, -0.25) is 0 Å². The van der Waals surface area contributed by atoms with Crippen LogP contribution >= 0.6 is 0 Å². The number of aliphatic hydroxyl groups excluding tert-OH is 1. The van der Waals surface area contributed by atoms with Crippen molar-refractivity contribution >= 4 is 18.1 Å². The third kappa shape index (κ3) is 10.0. The molecular weight excluding hydrogens is 426 g/mol. The molecule has 0 radical (unpaired) electrons. The molecular formula is C20H43NO7SSi. The second-order valence-electron chi connectivity index (χ2n) is 9.51. The third-order valence-electron chi connectivity index (χ3n) is 5.92. The van der Waals surface area contributed by atoms with Gasteiger partial charge < -0.3 is 24.1 Å². The van der Waals surface area contributed by atoms with E-state index in [-0.39, 0.29) is 31.8 Å². The lowest BCUT2D eigenvalue weighted by Crippen LogP contribution is -2.50. The Bertz CT molecular complexity index is 570. The van der Waals surface area contributed by atoms with Crippen LogP contribution in [0, 0.1) is 11.3 Å². The Morgan fingerprint density at radius 1 is 1.10 bits per heavy atom. The average molecular weight is 470 g/mol. The fourth-order valence-corrected chi connectivity index (χ4v) is 8.21. The van der Waals surface area contributed by atoms with Crippen LogP contribution in [0.2, 0.25) is 25.7 Å². The Hall–Kier alpha value is -0.0731. The molecule has 2 N–H and O–H groups in total. The predicted octanol–water partition coefficient (Wildman–Crippen LogP) is 2.41. The molecule has 1 rings (SSSR count). The number of hydrogen-bond donors (Lipinski definition) is 2. The minimum absolute atomic E-state index is 0.142. The van der Waals surface area contributed by atoms with Crippen LogP contribution in [0.5, 0.6) is 0 Å². The second-order valence-corrected chi connectivity index (χ2v) is 17.1. The summed E-state index contributed by atoms with van der Waals surface area (Å²) >= 11 is 0. The molecule has 1 aliphatic carbocycles.